The molecule has 38 heavy (non-hydrogen) atoms. The predicted octanol–water partition coefficient (Wildman–Crippen LogP) is 6.67. The van der Waals surface area contributed by atoms with Crippen LogP contribution in [0.1, 0.15) is 0 Å². The van der Waals surface area contributed by atoms with Gasteiger partial charge in [-0.1, -0.05) is 72.8 Å². The van der Waals surface area contributed by atoms with Crippen molar-refractivity contribution in [3.8, 4) is 33.8 Å². The Hall–Kier alpha value is -4.22. The van der Waals surface area contributed by atoms with Crippen molar-refractivity contribution < 1.29 is 34.8 Å². The second kappa shape index (κ2) is 8.67. The van der Waals surface area contributed by atoms with Gasteiger partial charge in [-0.2, -0.15) is 16.8 Å². The second-order valence-corrected chi connectivity index (χ2v) is 11.3. The summed E-state index contributed by atoms with van der Waals surface area (Å²) >= 11 is 0. The molecule has 6 aromatic rings. The first kappa shape index (κ1) is 24.1. The van der Waals surface area contributed by atoms with Crippen molar-refractivity contribution in [3.05, 3.63) is 97.1 Å². The van der Waals surface area contributed by atoms with Crippen molar-refractivity contribution in [2.45, 2.75) is 9.79 Å². The van der Waals surface area contributed by atoms with E-state index in [2.05, 4.69) is 0 Å². The molecule has 8 nitrogen and oxygen atoms in total. The molecule has 4 aromatic carbocycles. The molecule has 2 N–H and O–H groups in total. The maximum absolute atomic E-state index is 12.7. The first-order chi connectivity index (χ1) is 18.1. The Kier molecular flexibility index (Phi) is 5.51. The van der Waals surface area contributed by atoms with E-state index in [0.717, 1.165) is 0 Å². The largest absolute Gasteiger partial charge is 0.455 e. The van der Waals surface area contributed by atoms with Crippen LogP contribution in [0.4, 0.5) is 0 Å². The Morgan fingerprint density at radius 1 is 0.500 bits per heavy atom. The second-order valence-electron chi connectivity index (χ2n) is 8.56. The summed E-state index contributed by atoms with van der Waals surface area (Å²) in [7, 11) is -9.61. The van der Waals surface area contributed by atoms with Crippen LogP contribution in [-0.4, -0.2) is 25.9 Å². The van der Waals surface area contributed by atoms with Crippen LogP contribution in [0.25, 0.3) is 55.7 Å². The number of para-hydroxylation sites is 2. The quantitative estimate of drug-likeness (QED) is 0.229. The standard InChI is InChI=1S/C28H18O8S2/c29-37(30,31)27-19-11-4-6-15-22(19)35-25(27)21-14-8-13-18(17-9-2-1-3-10-17)24(21)26-28(38(32,33)34)20-12-5-7-16-23(20)36-26/h1-16H,(H,29,30,31)(H,32,33,34). The van der Waals surface area contributed by atoms with E-state index < -0.39 is 30.0 Å². The van der Waals surface area contributed by atoms with E-state index in [9.17, 15) is 25.9 Å². The fourth-order valence-electron chi connectivity index (χ4n) is 4.74. The molecule has 0 atom stereocenters. The molecule has 190 valence electrons. The molecule has 0 bridgehead atoms. The van der Waals surface area contributed by atoms with Gasteiger partial charge in [-0.3, -0.25) is 9.11 Å². The van der Waals surface area contributed by atoms with Gasteiger partial charge in [0.05, 0.1) is 0 Å². The molecule has 0 aliphatic rings. The summed E-state index contributed by atoms with van der Waals surface area (Å²) in [5.74, 6) is -0.409. The van der Waals surface area contributed by atoms with Crippen LogP contribution in [-0.2, 0) is 20.2 Å². The van der Waals surface area contributed by atoms with E-state index in [1.807, 2.05) is 6.07 Å². The third-order valence-corrected chi connectivity index (χ3v) is 8.08. The van der Waals surface area contributed by atoms with Crippen LogP contribution in [0, 0.1) is 0 Å². The highest BCUT2D eigenvalue weighted by Gasteiger charge is 2.33. The van der Waals surface area contributed by atoms with E-state index in [1.54, 1.807) is 72.8 Å². The van der Waals surface area contributed by atoms with Crippen LogP contribution >= 0.6 is 0 Å². The van der Waals surface area contributed by atoms with Crippen LogP contribution in [0.15, 0.2) is 116 Å². The van der Waals surface area contributed by atoms with Crippen LogP contribution in [0.3, 0.4) is 0 Å². The van der Waals surface area contributed by atoms with Crippen molar-refractivity contribution >= 4 is 42.2 Å². The zero-order chi connectivity index (χ0) is 26.7. The first-order valence-electron chi connectivity index (χ1n) is 11.3. The van der Waals surface area contributed by atoms with Gasteiger partial charge in [-0.25, -0.2) is 0 Å². The smallest absolute Gasteiger partial charge is 0.299 e. The maximum Gasteiger partial charge on any atom is 0.299 e. The number of rotatable bonds is 5. The van der Waals surface area contributed by atoms with Crippen molar-refractivity contribution in [2.24, 2.45) is 0 Å². The third kappa shape index (κ3) is 3.91. The minimum atomic E-state index is -4.82. The summed E-state index contributed by atoms with van der Waals surface area (Å²) < 4.78 is 83.1. The highest BCUT2D eigenvalue weighted by Crippen LogP contribution is 2.48. The summed E-state index contributed by atoms with van der Waals surface area (Å²) in [5.41, 5.74) is 1.84. The van der Waals surface area contributed by atoms with Gasteiger partial charge in [0.1, 0.15) is 21.0 Å². The predicted molar refractivity (Wildman–Crippen MR) is 142 cm³/mol. The zero-order valence-corrected chi connectivity index (χ0v) is 21.0. The third-order valence-electron chi connectivity index (χ3n) is 6.24. The van der Waals surface area contributed by atoms with E-state index in [1.165, 1.54) is 18.2 Å². The molecule has 0 unspecified atom stereocenters. The van der Waals surface area contributed by atoms with E-state index >= 15 is 0 Å². The molecule has 2 aromatic heterocycles. The first-order valence-corrected chi connectivity index (χ1v) is 14.2. The topological polar surface area (TPSA) is 135 Å². The van der Waals surface area contributed by atoms with Crippen LogP contribution in [0.2, 0.25) is 0 Å². The minimum absolute atomic E-state index is 0.138. The Morgan fingerprint density at radius 3 is 1.55 bits per heavy atom. The normalized spacial score (nSPS) is 12.4. The monoisotopic (exact) mass is 546 g/mol. The van der Waals surface area contributed by atoms with Crippen molar-refractivity contribution in [3.63, 3.8) is 0 Å². The van der Waals surface area contributed by atoms with Gasteiger partial charge < -0.3 is 8.83 Å². The summed E-state index contributed by atoms with van der Waals surface area (Å²) in [6, 6.07) is 26.5. The number of furan rings is 2. The van der Waals surface area contributed by atoms with Gasteiger partial charge in [0.15, 0.2) is 11.5 Å². The Bertz CT molecular complexity index is 2070. The molecule has 0 fully saturated rings. The van der Waals surface area contributed by atoms with E-state index in [0.29, 0.717) is 11.1 Å². The molecule has 6 rings (SSSR count). The Labute approximate surface area is 217 Å². The molecular weight excluding hydrogens is 528 g/mol. The van der Waals surface area contributed by atoms with Gasteiger partial charge >= 0.3 is 0 Å². The van der Waals surface area contributed by atoms with Crippen LogP contribution in [0.5, 0.6) is 0 Å². The number of benzene rings is 4. The fraction of sp³-hybridized carbons (Fsp3) is 0. The number of fused-ring (bicyclic) bond motifs is 2. The molecule has 0 radical (unpaired) electrons. The SMILES string of the molecule is O=S(=O)(O)c1c(-c2cccc(-c3ccccc3)c2-c2oc3ccccc3c2S(=O)(=O)O)oc2ccccc12. The maximum atomic E-state index is 12.7. The molecule has 10 heteroatoms. The average Bonchev–Trinajstić information content (AvgIpc) is 3.48. The molecule has 2 heterocycles. The molecule has 0 aliphatic carbocycles. The summed E-state index contributed by atoms with van der Waals surface area (Å²) in [5, 5.41) is 0.305. The van der Waals surface area contributed by atoms with E-state index in [-0.39, 0.29) is 44.6 Å². The molecular formula is C28H18O8S2. The molecule has 0 saturated heterocycles. The fourth-order valence-corrected chi connectivity index (χ4v) is 6.40. The van der Waals surface area contributed by atoms with Gasteiger partial charge in [-0.05, 0) is 35.4 Å². The lowest BCUT2D eigenvalue weighted by Gasteiger charge is -2.14. The van der Waals surface area contributed by atoms with Crippen molar-refractivity contribution in [2.75, 3.05) is 0 Å². The van der Waals surface area contributed by atoms with Gasteiger partial charge in [0.2, 0.25) is 0 Å². The highest BCUT2D eigenvalue weighted by atomic mass is 32.2. The summed E-state index contributed by atoms with van der Waals surface area (Å²) in [6.07, 6.45) is 0. The molecule has 0 aliphatic heterocycles. The summed E-state index contributed by atoms with van der Waals surface area (Å²) in [4.78, 5) is -0.939. The lowest BCUT2D eigenvalue weighted by atomic mass is 9.92. The zero-order valence-electron chi connectivity index (χ0n) is 19.4. The van der Waals surface area contributed by atoms with Gasteiger partial charge in [0.25, 0.3) is 20.2 Å². The molecule has 0 spiro atoms. The molecule has 0 saturated carbocycles. The van der Waals surface area contributed by atoms with Gasteiger partial charge in [0, 0.05) is 21.9 Å². The average molecular weight is 547 g/mol. The van der Waals surface area contributed by atoms with Crippen LogP contribution < -0.4 is 0 Å². The lowest BCUT2D eigenvalue weighted by molar-refractivity contribution is 0.479. The van der Waals surface area contributed by atoms with Crippen molar-refractivity contribution in [1.82, 2.24) is 0 Å². The molecule has 0 amide bonds. The Balaban J connectivity index is 1.82. The Morgan fingerprint density at radius 2 is 0.974 bits per heavy atom. The highest BCUT2D eigenvalue weighted by molar-refractivity contribution is 7.86. The minimum Gasteiger partial charge on any atom is -0.455 e. The number of hydrogen-bond donors (Lipinski definition) is 2. The van der Waals surface area contributed by atoms with Gasteiger partial charge in [-0.15, -0.1) is 0 Å². The summed E-state index contributed by atoms with van der Waals surface area (Å²) in [6.45, 7) is 0. The van der Waals surface area contributed by atoms with E-state index in [4.69, 9.17) is 8.83 Å². The number of hydrogen-bond acceptors (Lipinski definition) is 6. The lowest BCUT2D eigenvalue weighted by Crippen LogP contribution is -2.02. The van der Waals surface area contributed by atoms with Crippen molar-refractivity contribution in [1.29, 1.82) is 0 Å².